The van der Waals surface area contributed by atoms with Gasteiger partial charge in [0, 0.05) is 12.7 Å². The molecule has 1 aromatic rings. The van der Waals surface area contributed by atoms with Crippen molar-refractivity contribution in [3.8, 4) is 0 Å². The molecule has 0 amide bonds. The van der Waals surface area contributed by atoms with Gasteiger partial charge < -0.3 is 15.0 Å². The van der Waals surface area contributed by atoms with E-state index >= 15 is 0 Å². The quantitative estimate of drug-likeness (QED) is 0.677. The molecular formula is C6H10N2O2. The van der Waals surface area contributed by atoms with Gasteiger partial charge in [0.25, 0.3) is 0 Å². The predicted octanol–water partition coefficient (Wildman–Crippen LogP) is 0.793. The van der Waals surface area contributed by atoms with E-state index < -0.39 is 0 Å². The van der Waals surface area contributed by atoms with Crippen molar-refractivity contribution in [1.82, 2.24) is 5.16 Å². The second-order valence-corrected chi connectivity index (χ2v) is 1.86. The number of aromatic nitrogens is 1. The molecule has 0 unspecified atom stereocenters. The first kappa shape index (κ1) is 7.08. The Morgan fingerprint density at radius 1 is 1.80 bits per heavy atom. The zero-order valence-electron chi connectivity index (χ0n) is 5.83. The maximum atomic E-state index is 5.27. The number of nitrogens with two attached hydrogens (primary N) is 1. The lowest BCUT2D eigenvalue weighted by Crippen LogP contribution is -1.90. The Bertz CT molecular complexity index is 197. The number of rotatable bonds is 3. The molecule has 0 aliphatic rings. The first-order valence-corrected chi connectivity index (χ1v) is 3.11. The topological polar surface area (TPSA) is 61.3 Å². The summed E-state index contributed by atoms with van der Waals surface area (Å²) in [6.07, 6.45) is 0. The van der Waals surface area contributed by atoms with E-state index in [1.807, 2.05) is 6.92 Å². The SMILES string of the molecule is CCOCc1cc(N)on1. The zero-order valence-corrected chi connectivity index (χ0v) is 5.83. The smallest absolute Gasteiger partial charge is 0.222 e. The van der Waals surface area contributed by atoms with E-state index in [1.54, 1.807) is 6.07 Å². The molecule has 0 fully saturated rings. The van der Waals surface area contributed by atoms with Gasteiger partial charge in [-0.25, -0.2) is 0 Å². The van der Waals surface area contributed by atoms with E-state index in [2.05, 4.69) is 9.68 Å². The molecule has 0 saturated heterocycles. The largest absolute Gasteiger partial charge is 0.375 e. The van der Waals surface area contributed by atoms with Gasteiger partial charge in [0.15, 0.2) is 0 Å². The molecule has 1 aromatic heterocycles. The van der Waals surface area contributed by atoms with Crippen LogP contribution in [0.15, 0.2) is 10.6 Å². The molecule has 0 bridgehead atoms. The third-order valence-electron chi connectivity index (χ3n) is 1.03. The molecule has 0 aromatic carbocycles. The van der Waals surface area contributed by atoms with E-state index in [1.165, 1.54) is 0 Å². The van der Waals surface area contributed by atoms with Crippen LogP contribution >= 0.6 is 0 Å². The minimum atomic E-state index is 0.328. The van der Waals surface area contributed by atoms with Crippen molar-refractivity contribution in [1.29, 1.82) is 0 Å². The molecule has 1 rings (SSSR count). The monoisotopic (exact) mass is 142 g/mol. The second kappa shape index (κ2) is 3.22. The van der Waals surface area contributed by atoms with Crippen LogP contribution in [0.25, 0.3) is 0 Å². The minimum Gasteiger partial charge on any atom is -0.375 e. The number of nitrogen functional groups attached to an aromatic ring is 1. The lowest BCUT2D eigenvalue weighted by Gasteiger charge is -1.92. The summed E-state index contributed by atoms with van der Waals surface area (Å²) in [6.45, 7) is 3.06. The average molecular weight is 142 g/mol. The van der Waals surface area contributed by atoms with Crippen LogP contribution in [0.3, 0.4) is 0 Å². The van der Waals surface area contributed by atoms with E-state index in [9.17, 15) is 0 Å². The molecule has 1 heterocycles. The van der Waals surface area contributed by atoms with Crippen molar-refractivity contribution in [3.63, 3.8) is 0 Å². The molecule has 0 aliphatic carbocycles. The molecule has 56 valence electrons. The van der Waals surface area contributed by atoms with Gasteiger partial charge in [-0.15, -0.1) is 0 Å². The van der Waals surface area contributed by atoms with Crippen molar-refractivity contribution in [2.75, 3.05) is 12.3 Å². The fraction of sp³-hybridized carbons (Fsp3) is 0.500. The lowest BCUT2D eigenvalue weighted by atomic mass is 10.4. The number of hydrogen-bond acceptors (Lipinski definition) is 4. The van der Waals surface area contributed by atoms with Gasteiger partial charge in [-0.3, -0.25) is 0 Å². The molecule has 4 heteroatoms. The number of nitrogens with zero attached hydrogens (tertiary/aromatic N) is 1. The first-order chi connectivity index (χ1) is 4.83. The van der Waals surface area contributed by atoms with Crippen LogP contribution in [0.5, 0.6) is 0 Å². The van der Waals surface area contributed by atoms with Crippen LogP contribution in [-0.4, -0.2) is 11.8 Å². The third-order valence-corrected chi connectivity index (χ3v) is 1.03. The van der Waals surface area contributed by atoms with Crippen molar-refractivity contribution in [2.24, 2.45) is 0 Å². The summed E-state index contributed by atoms with van der Waals surface area (Å²) >= 11 is 0. The first-order valence-electron chi connectivity index (χ1n) is 3.11. The minimum absolute atomic E-state index is 0.328. The fourth-order valence-corrected chi connectivity index (χ4v) is 0.603. The number of anilines is 1. The highest BCUT2D eigenvalue weighted by Crippen LogP contribution is 2.04. The van der Waals surface area contributed by atoms with Gasteiger partial charge in [0.2, 0.25) is 5.88 Å². The van der Waals surface area contributed by atoms with Gasteiger partial charge >= 0.3 is 0 Å². The second-order valence-electron chi connectivity index (χ2n) is 1.86. The van der Waals surface area contributed by atoms with Crippen molar-refractivity contribution < 1.29 is 9.26 Å². The molecule has 10 heavy (non-hydrogen) atoms. The zero-order chi connectivity index (χ0) is 7.40. The highest BCUT2D eigenvalue weighted by atomic mass is 16.5. The molecule has 0 radical (unpaired) electrons. The Morgan fingerprint density at radius 3 is 3.10 bits per heavy atom. The highest BCUT2D eigenvalue weighted by Gasteiger charge is 1.98. The van der Waals surface area contributed by atoms with E-state index in [0.717, 1.165) is 5.69 Å². The van der Waals surface area contributed by atoms with Crippen molar-refractivity contribution in [3.05, 3.63) is 11.8 Å². The number of hydrogen-bond donors (Lipinski definition) is 1. The Hall–Kier alpha value is -1.03. The Morgan fingerprint density at radius 2 is 2.60 bits per heavy atom. The van der Waals surface area contributed by atoms with Crippen molar-refractivity contribution in [2.45, 2.75) is 13.5 Å². The average Bonchev–Trinajstić information content (AvgIpc) is 2.31. The lowest BCUT2D eigenvalue weighted by molar-refractivity contribution is 0.128. The molecular weight excluding hydrogens is 132 g/mol. The van der Waals surface area contributed by atoms with E-state index in [4.69, 9.17) is 10.5 Å². The predicted molar refractivity (Wildman–Crippen MR) is 36.2 cm³/mol. The van der Waals surface area contributed by atoms with E-state index in [-0.39, 0.29) is 0 Å². The summed E-state index contributed by atoms with van der Waals surface area (Å²) < 4.78 is 9.66. The molecule has 4 nitrogen and oxygen atoms in total. The Kier molecular flexibility index (Phi) is 2.28. The van der Waals surface area contributed by atoms with Crippen LogP contribution in [-0.2, 0) is 11.3 Å². The summed E-state index contributed by atoms with van der Waals surface area (Å²) in [7, 11) is 0. The van der Waals surface area contributed by atoms with Crippen molar-refractivity contribution >= 4 is 5.88 Å². The van der Waals surface area contributed by atoms with Gasteiger partial charge in [0.05, 0.1) is 6.61 Å². The van der Waals surface area contributed by atoms with Gasteiger partial charge in [-0.05, 0) is 6.92 Å². The third kappa shape index (κ3) is 1.73. The Balaban J connectivity index is 2.42. The highest BCUT2D eigenvalue weighted by molar-refractivity contribution is 5.23. The maximum absolute atomic E-state index is 5.27. The normalized spacial score (nSPS) is 10.1. The van der Waals surface area contributed by atoms with Gasteiger partial charge in [-0.2, -0.15) is 0 Å². The molecule has 0 aliphatic heterocycles. The maximum Gasteiger partial charge on any atom is 0.222 e. The van der Waals surface area contributed by atoms with Gasteiger partial charge in [0.1, 0.15) is 5.69 Å². The van der Waals surface area contributed by atoms with E-state index in [0.29, 0.717) is 19.1 Å². The standard InChI is InChI=1S/C6H10N2O2/c1-2-9-4-5-3-6(7)10-8-5/h3H,2,4,7H2,1H3. The number of ether oxygens (including phenoxy) is 1. The molecule has 0 spiro atoms. The molecule has 0 atom stereocenters. The summed E-state index contributed by atoms with van der Waals surface area (Å²) in [6, 6.07) is 1.65. The summed E-state index contributed by atoms with van der Waals surface area (Å²) in [5.74, 6) is 0.328. The van der Waals surface area contributed by atoms with Crippen LogP contribution in [0.4, 0.5) is 5.88 Å². The molecule has 0 saturated carbocycles. The van der Waals surface area contributed by atoms with Gasteiger partial charge in [-0.1, -0.05) is 5.16 Å². The summed E-state index contributed by atoms with van der Waals surface area (Å²) in [4.78, 5) is 0. The fourth-order valence-electron chi connectivity index (χ4n) is 0.603. The van der Waals surface area contributed by atoms with Crippen LogP contribution < -0.4 is 5.73 Å². The molecule has 2 N–H and O–H groups in total. The Labute approximate surface area is 58.9 Å². The summed E-state index contributed by atoms with van der Waals surface area (Å²) in [5, 5.41) is 3.63. The van der Waals surface area contributed by atoms with Crippen LogP contribution in [0.1, 0.15) is 12.6 Å². The summed E-state index contributed by atoms with van der Waals surface area (Å²) in [5.41, 5.74) is 6.00. The van der Waals surface area contributed by atoms with Crippen LogP contribution in [0.2, 0.25) is 0 Å². The van der Waals surface area contributed by atoms with Crippen LogP contribution in [0, 0.1) is 0 Å².